The second kappa shape index (κ2) is 9.22. The van der Waals surface area contributed by atoms with Gasteiger partial charge in [-0.15, -0.1) is 0 Å². The van der Waals surface area contributed by atoms with Gasteiger partial charge in [-0.05, 0) is 43.2 Å². The van der Waals surface area contributed by atoms with Gasteiger partial charge in [0.25, 0.3) is 9.84 Å². The largest absolute Gasteiger partial charge is 0.501 e. The van der Waals surface area contributed by atoms with E-state index in [4.69, 9.17) is 4.74 Å². The lowest BCUT2D eigenvalue weighted by molar-refractivity contribution is -0.0435. The molecule has 5 nitrogen and oxygen atoms in total. The Morgan fingerprint density at radius 3 is 2.37 bits per heavy atom. The minimum absolute atomic E-state index is 0.125. The molecular weight excluding hydrogens is 424 g/mol. The number of halogens is 4. The van der Waals surface area contributed by atoms with E-state index in [0.29, 0.717) is 45.1 Å². The Labute approximate surface area is 172 Å². The van der Waals surface area contributed by atoms with Gasteiger partial charge < -0.3 is 15.0 Å². The van der Waals surface area contributed by atoms with E-state index in [0.717, 1.165) is 17.9 Å². The quantitative estimate of drug-likeness (QED) is 0.519. The maximum Gasteiger partial charge on any atom is 0.501 e. The number of anilines is 1. The number of benzene rings is 2. The second-order valence-corrected chi connectivity index (χ2v) is 8.85. The highest BCUT2D eigenvalue weighted by Gasteiger charge is 2.48. The first kappa shape index (κ1) is 22.4. The van der Waals surface area contributed by atoms with E-state index in [1.807, 2.05) is 30.3 Å². The van der Waals surface area contributed by atoms with Crippen molar-refractivity contribution in [2.75, 3.05) is 31.1 Å². The summed E-state index contributed by atoms with van der Waals surface area (Å²) in [5.74, 6) is -0.264. The highest BCUT2D eigenvalue weighted by molar-refractivity contribution is 7.92. The third kappa shape index (κ3) is 5.23. The van der Waals surface area contributed by atoms with Crippen molar-refractivity contribution in [1.82, 2.24) is 5.32 Å². The fraction of sp³-hybridized carbons (Fsp3) is 0.400. The molecule has 0 saturated carbocycles. The van der Waals surface area contributed by atoms with Gasteiger partial charge in [-0.2, -0.15) is 13.2 Å². The van der Waals surface area contributed by atoms with Crippen LogP contribution in [-0.2, 0) is 9.84 Å². The van der Waals surface area contributed by atoms with E-state index < -0.39 is 26.1 Å². The number of nitrogens with one attached hydrogen (secondary N) is 1. The zero-order valence-corrected chi connectivity index (χ0v) is 16.8. The van der Waals surface area contributed by atoms with Crippen molar-refractivity contribution in [1.29, 1.82) is 0 Å². The fourth-order valence-corrected chi connectivity index (χ4v) is 4.35. The second-order valence-electron chi connectivity index (χ2n) is 6.94. The molecule has 10 heteroatoms. The van der Waals surface area contributed by atoms with Crippen molar-refractivity contribution < 1.29 is 30.7 Å². The minimum atomic E-state index is -5.65. The molecule has 0 bridgehead atoms. The monoisotopic (exact) mass is 446 g/mol. The summed E-state index contributed by atoms with van der Waals surface area (Å²) in [6.45, 7) is 1.77. The Balaban J connectivity index is 1.57. The Morgan fingerprint density at radius 1 is 1.07 bits per heavy atom. The molecule has 0 aliphatic carbocycles. The smallest absolute Gasteiger partial charge is 0.492 e. The van der Waals surface area contributed by atoms with Crippen molar-refractivity contribution in [2.45, 2.75) is 29.3 Å². The standard InChI is InChI=1S/C20H22F4N2O3S/c21-15-6-7-18(19(14-15)30(27,28)20(22,23)24)26-11-8-16(9-12-26)25-10-13-29-17-4-2-1-3-5-17/h1-7,14,16,25H,8-13H2. The number of ether oxygens (including phenoxy) is 1. The Kier molecular flexibility index (Phi) is 6.87. The average molecular weight is 446 g/mol. The average Bonchev–Trinajstić information content (AvgIpc) is 2.72. The minimum Gasteiger partial charge on any atom is -0.492 e. The van der Waals surface area contributed by atoms with Gasteiger partial charge in [-0.25, -0.2) is 12.8 Å². The van der Waals surface area contributed by atoms with Crippen LogP contribution in [0, 0.1) is 5.82 Å². The van der Waals surface area contributed by atoms with Gasteiger partial charge in [-0.1, -0.05) is 18.2 Å². The van der Waals surface area contributed by atoms with Crippen LogP contribution in [-0.4, -0.2) is 46.2 Å². The normalized spacial score (nSPS) is 15.9. The molecule has 1 heterocycles. The van der Waals surface area contributed by atoms with Gasteiger partial charge in [0.15, 0.2) is 0 Å². The van der Waals surface area contributed by atoms with Crippen molar-refractivity contribution in [3.8, 4) is 5.75 Å². The lowest BCUT2D eigenvalue weighted by atomic mass is 10.0. The SMILES string of the molecule is O=S(=O)(c1cc(F)ccc1N1CCC(NCCOc2ccccc2)CC1)C(F)(F)F. The van der Waals surface area contributed by atoms with E-state index in [1.54, 1.807) is 4.90 Å². The molecule has 0 amide bonds. The molecule has 1 aliphatic rings. The number of para-hydroxylation sites is 1. The molecule has 3 rings (SSSR count). The molecule has 0 unspecified atom stereocenters. The molecule has 0 aromatic heterocycles. The Hall–Kier alpha value is -2.33. The summed E-state index contributed by atoms with van der Waals surface area (Å²) < 4.78 is 81.9. The van der Waals surface area contributed by atoms with Crippen molar-refractivity contribution >= 4 is 15.5 Å². The molecule has 30 heavy (non-hydrogen) atoms. The van der Waals surface area contributed by atoms with E-state index in [9.17, 15) is 26.0 Å². The van der Waals surface area contributed by atoms with E-state index in [1.165, 1.54) is 0 Å². The molecule has 0 atom stereocenters. The van der Waals surface area contributed by atoms with Gasteiger partial charge in [0.2, 0.25) is 0 Å². The molecule has 1 saturated heterocycles. The summed E-state index contributed by atoms with van der Waals surface area (Å²) in [4.78, 5) is 0.508. The lowest BCUT2D eigenvalue weighted by Crippen LogP contribution is -2.44. The summed E-state index contributed by atoms with van der Waals surface area (Å²) in [7, 11) is -5.65. The van der Waals surface area contributed by atoms with Crippen LogP contribution in [0.2, 0.25) is 0 Å². The van der Waals surface area contributed by atoms with Gasteiger partial charge in [0, 0.05) is 25.7 Å². The first-order chi connectivity index (χ1) is 14.2. The molecule has 1 aliphatic heterocycles. The number of sulfone groups is 1. The number of rotatable bonds is 7. The zero-order valence-electron chi connectivity index (χ0n) is 16.0. The fourth-order valence-electron chi connectivity index (χ4n) is 3.36. The molecular formula is C20H22F4N2O3S. The maximum atomic E-state index is 13.5. The molecule has 2 aromatic rings. The lowest BCUT2D eigenvalue weighted by Gasteiger charge is -2.35. The number of nitrogens with zero attached hydrogens (tertiary/aromatic N) is 1. The number of hydrogen-bond acceptors (Lipinski definition) is 5. The molecule has 2 aromatic carbocycles. The number of alkyl halides is 3. The van der Waals surface area contributed by atoms with Crippen LogP contribution in [0.25, 0.3) is 0 Å². The van der Waals surface area contributed by atoms with Crippen LogP contribution in [0.15, 0.2) is 53.4 Å². The van der Waals surface area contributed by atoms with E-state index in [-0.39, 0.29) is 11.7 Å². The molecule has 1 N–H and O–H groups in total. The first-order valence-corrected chi connectivity index (χ1v) is 10.9. The Bertz CT molecular complexity index is 944. The van der Waals surface area contributed by atoms with Crippen molar-refractivity contribution in [3.63, 3.8) is 0 Å². The molecule has 1 fully saturated rings. The predicted molar refractivity (Wildman–Crippen MR) is 105 cm³/mol. The summed E-state index contributed by atoms with van der Waals surface area (Å²) >= 11 is 0. The third-order valence-corrected chi connectivity index (χ3v) is 6.41. The topological polar surface area (TPSA) is 58.6 Å². The predicted octanol–water partition coefficient (Wildman–Crippen LogP) is 3.76. The van der Waals surface area contributed by atoms with Crippen molar-refractivity contribution in [2.24, 2.45) is 0 Å². The zero-order chi connectivity index (χ0) is 21.8. The Morgan fingerprint density at radius 2 is 1.73 bits per heavy atom. The number of hydrogen-bond donors (Lipinski definition) is 1. The summed E-state index contributed by atoms with van der Waals surface area (Å²) in [5, 5.41) is 3.33. The maximum absolute atomic E-state index is 13.5. The van der Waals surface area contributed by atoms with Crippen LogP contribution in [0.1, 0.15) is 12.8 Å². The summed E-state index contributed by atoms with van der Waals surface area (Å²) in [5.41, 5.74) is -5.62. The van der Waals surface area contributed by atoms with Gasteiger partial charge in [0.1, 0.15) is 23.1 Å². The van der Waals surface area contributed by atoms with Crippen LogP contribution in [0.3, 0.4) is 0 Å². The highest BCUT2D eigenvalue weighted by atomic mass is 32.2. The van der Waals surface area contributed by atoms with Crippen LogP contribution >= 0.6 is 0 Å². The molecule has 164 valence electrons. The van der Waals surface area contributed by atoms with E-state index >= 15 is 0 Å². The van der Waals surface area contributed by atoms with Gasteiger partial charge in [-0.3, -0.25) is 0 Å². The van der Waals surface area contributed by atoms with Crippen LogP contribution in [0.4, 0.5) is 23.2 Å². The third-order valence-electron chi connectivity index (χ3n) is 4.90. The summed E-state index contributed by atoms with van der Waals surface area (Å²) in [6.07, 6.45) is 1.21. The van der Waals surface area contributed by atoms with E-state index in [2.05, 4.69) is 5.32 Å². The van der Waals surface area contributed by atoms with Gasteiger partial charge in [0.05, 0.1) is 5.69 Å². The highest BCUT2D eigenvalue weighted by Crippen LogP contribution is 2.37. The van der Waals surface area contributed by atoms with Crippen molar-refractivity contribution in [3.05, 3.63) is 54.3 Å². The molecule has 0 spiro atoms. The first-order valence-electron chi connectivity index (χ1n) is 9.45. The van der Waals surface area contributed by atoms with Gasteiger partial charge >= 0.3 is 5.51 Å². The molecule has 0 radical (unpaired) electrons. The van der Waals surface area contributed by atoms with Crippen LogP contribution in [0.5, 0.6) is 5.75 Å². The van der Waals surface area contributed by atoms with Crippen LogP contribution < -0.4 is 15.0 Å². The number of piperidine rings is 1. The summed E-state index contributed by atoms with van der Waals surface area (Å²) in [6, 6.07) is 12.0.